The maximum absolute atomic E-state index is 12.3. The minimum atomic E-state index is -4.96. The average Bonchev–Trinajstić information content (AvgIpc) is 2.36. The fourth-order valence-electron chi connectivity index (χ4n) is 1.73. The van der Waals surface area contributed by atoms with Crippen LogP contribution in [0.15, 0.2) is 24.3 Å². The fourth-order valence-corrected chi connectivity index (χ4v) is 1.73. The standard InChI is InChI=1S/C13H13F3O4/c1-20-10-4-2-8(3-5-10)9(7-12(18)19)6-11(17)13(14,15)16/h2-5,9H,6-7H2,1H3,(H,18,19)/t9-/m0/s1. The highest BCUT2D eigenvalue weighted by Crippen LogP contribution is 2.29. The minimum Gasteiger partial charge on any atom is -0.497 e. The molecule has 0 heterocycles. The van der Waals surface area contributed by atoms with Crippen LogP contribution in [0.2, 0.25) is 0 Å². The van der Waals surface area contributed by atoms with Gasteiger partial charge in [-0.2, -0.15) is 13.2 Å². The lowest BCUT2D eigenvalue weighted by atomic mass is 9.90. The van der Waals surface area contributed by atoms with E-state index in [1.807, 2.05) is 0 Å². The Morgan fingerprint density at radius 2 is 1.75 bits per heavy atom. The first-order valence-electron chi connectivity index (χ1n) is 5.69. The van der Waals surface area contributed by atoms with E-state index in [1.165, 1.54) is 31.4 Å². The van der Waals surface area contributed by atoms with Gasteiger partial charge in [0.1, 0.15) is 5.75 Å². The van der Waals surface area contributed by atoms with Crippen LogP contribution in [-0.4, -0.2) is 30.1 Å². The summed E-state index contributed by atoms with van der Waals surface area (Å²) in [6, 6.07) is 5.91. The number of benzene rings is 1. The van der Waals surface area contributed by atoms with Crippen LogP contribution in [-0.2, 0) is 9.59 Å². The number of hydrogen-bond donors (Lipinski definition) is 1. The second kappa shape index (κ2) is 6.40. The molecule has 1 rings (SSSR count). The molecule has 0 bridgehead atoms. The van der Waals surface area contributed by atoms with Crippen LogP contribution < -0.4 is 4.74 Å². The van der Waals surface area contributed by atoms with Gasteiger partial charge < -0.3 is 9.84 Å². The van der Waals surface area contributed by atoms with Crippen molar-refractivity contribution in [2.45, 2.75) is 24.9 Å². The third-order valence-corrected chi connectivity index (χ3v) is 2.76. The topological polar surface area (TPSA) is 63.6 Å². The second-order valence-corrected chi connectivity index (χ2v) is 4.19. The maximum atomic E-state index is 12.3. The van der Waals surface area contributed by atoms with Crippen molar-refractivity contribution in [2.24, 2.45) is 0 Å². The number of carbonyl (C=O) groups excluding carboxylic acids is 1. The number of hydrogen-bond acceptors (Lipinski definition) is 3. The number of carboxylic acid groups (broad SMARTS) is 1. The lowest BCUT2D eigenvalue weighted by Gasteiger charge is -2.16. The Hall–Kier alpha value is -2.05. The summed E-state index contributed by atoms with van der Waals surface area (Å²) in [5, 5.41) is 8.74. The van der Waals surface area contributed by atoms with Gasteiger partial charge in [-0.15, -0.1) is 0 Å². The van der Waals surface area contributed by atoms with E-state index in [1.54, 1.807) is 0 Å². The van der Waals surface area contributed by atoms with Crippen molar-refractivity contribution in [1.29, 1.82) is 0 Å². The Labute approximate surface area is 113 Å². The van der Waals surface area contributed by atoms with Gasteiger partial charge in [0.2, 0.25) is 5.78 Å². The molecule has 20 heavy (non-hydrogen) atoms. The molecule has 7 heteroatoms. The van der Waals surface area contributed by atoms with Crippen LogP contribution in [0.25, 0.3) is 0 Å². The van der Waals surface area contributed by atoms with Crippen LogP contribution in [0.3, 0.4) is 0 Å². The lowest BCUT2D eigenvalue weighted by molar-refractivity contribution is -0.171. The first-order valence-corrected chi connectivity index (χ1v) is 5.69. The van der Waals surface area contributed by atoms with Gasteiger partial charge in [0.15, 0.2) is 0 Å². The highest BCUT2D eigenvalue weighted by atomic mass is 19.4. The van der Waals surface area contributed by atoms with E-state index >= 15 is 0 Å². The SMILES string of the molecule is COc1ccc([C@H](CC(=O)O)CC(=O)C(F)(F)F)cc1. The van der Waals surface area contributed by atoms with Crippen molar-refractivity contribution in [2.75, 3.05) is 7.11 Å². The van der Waals surface area contributed by atoms with Crippen LogP contribution in [0.4, 0.5) is 13.2 Å². The van der Waals surface area contributed by atoms with Crippen LogP contribution in [0.1, 0.15) is 24.3 Å². The summed E-state index contributed by atoms with van der Waals surface area (Å²) in [5.74, 6) is -3.72. The molecule has 0 aliphatic carbocycles. The van der Waals surface area contributed by atoms with Crippen molar-refractivity contribution >= 4 is 11.8 Å². The molecule has 1 N–H and O–H groups in total. The normalized spacial score (nSPS) is 12.8. The Kier molecular flexibility index (Phi) is 5.12. The number of aliphatic carboxylic acids is 1. The van der Waals surface area contributed by atoms with E-state index in [9.17, 15) is 22.8 Å². The molecule has 0 radical (unpaired) electrons. The molecule has 4 nitrogen and oxygen atoms in total. The summed E-state index contributed by atoms with van der Waals surface area (Å²) >= 11 is 0. The number of alkyl halides is 3. The van der Waals surface area contributed by atoms with Crippen molar-refractivity contribution < 1.29 is 32.6 Å². The summed E-state index contributed by atoms with van der Waals surface area (Å²) in [4.78, 5) is 21.7. The van der Waals surface area contributed by atoms with Gasteiger partial charge in [-0.05, 0) is 17.7 Å². The second-order valence-electron chi connectivity index (χ2n) is 4.19. The maximum Gasteiger partial charge on any atom is 0.449 e. The zero-order chi connectivity index (χ0) is 15.3. The lowest BCUT2D eigenvalue weighted by Crippen LogP contribution is -2.25. The number of methoxy groups -OCH3 is 1. The quantitative estimate of drug-likeness (QED) is 0.875. The average molecular weight is 290 g/mol. The number of carbonyl (C=O) groups is 2. The van der Waals surface area contributed by atoms with Crippen molar-refractivity contribution in [3.63, 3.8) is 0 Å². The first kappa shape index (κ1) is 16.0. The Bertz CT molecular complexity index is 479. The largest absolute Gasteiger partial charge is 0.497 e. The summed E-state index contributed by atoms with van der Waals surface area (Å²) in [5.41, 5.74) is 0.353. The number of halogens is 3. The number of rotatable bonds is 6. The van der Waals surface area contributed by atoms with E-state index in [4.69, 9.17) is 9.84 Å². The number of Topliss-reactive ketones (excluding diaryl/α,β-unsaturated/α-hetero) is 1. The molecule has 1 aromatic carbocycles. The Morgan fingerprint density at radius 3 is 2.15 bits per heavy atom. The van der Waals surface area contributed by atoms with Gasteiger partial charge in [0, 0.05) is 12.3 Å². The Morgan fingerprint density at radius 1 is 1.20 bits per heavy atom. The molecule has 1 aromatic rings. The zero-order valence-corrected chi connectivity index (χ0v) is 10.6. The third-order valence-electron chi connectivity index (χ3n) is 2.76. The van der Waals surface area contributed by atoms with E-state index in [2.05, 4.69) is 0 Å². The minimum absolute atomic E-state index is 0.353. The predicted octanol–water partition coefficient (Wildman–Crippen LogP) is 2.78. The van der Waals surface area contributed by atoms with Gasteiger partial charge in [-0.3, -0.25) is 9.59 Å². The monoisotopic (exact) mass is 290 g/mol. The van der Waals surface area contributed by atoms with Gasteiger partial charge >= 0.3 is 12.1 Å². The van der Waals surface area contributed by atoms with E-state index in [-0.39, 0.29) is 0 Å². The summed E-state index contributed by atoms with van der Waals surface area (Å²) in [7, 11) is 1.43. The molecule has 1 atom stereocenters. The number of carboxylic acids is 1. The van der Waals surface area contributed by atoms with E-state index < -0.39 is 36.7 Å². The molecule has 0 spiro atoms. The fraction of sp³-hybridized carbons (Fsp3) is 0.385. The molecule has 0 unspecified atom stereocenters. The molecule has 0 aliphatic rings. The molecule has 110 valence electrons. The third kappa shape index (κ3) is 4.56. The molecular formula is C13H13F3O4. The van der Waals surface area contributed by atoms with Gasteiger partial charge in [0.05, 0.1) is 13.5 Å². The highest BCUT2D eigenvalue weighted by molar-refractivity contribution is 5.85. The van der Waals surface area contributed by atoms with Gasteiger partial charge in [-0.1, -0.05) is 12.1 Å². The zero-order valence-electron chi connectivity index (χ0n) is 10.6. The highest BCUT2D eigenvalue weighted by Gasteiger charge is 2.39. The van der Waals surface area contributed by atoms with Crippen LogP contribution in [0, 0.1) is 0 Å². The molecule has 0 saturated heterocycles. The summed E-state index contributed by atoms with van der Waals surface area (Å²) in [6.45, 7) is 0. The van der Waals surface area contributed by atoms with Crippen molar-refractivity contribution in [3.05, 3.63) is 29.8 Å². The molecule has 0 amide bonds. The van der Waals surface area contributed by atoms with Crippen LogP contribution >= 0.6 is 0 Å². The van der Waals surface area contributed by atoms with Gasteiger partial charge in [0.25, 0.3) is 0 Å². The predicted molar refractivity (Wildman–Crippen MR) is 63.7 cm³/mol. The molecule has 0 saturated carbocycles. The smallest absolute Gasteiger partial charge is 0.449 e. The number of ketones is 1. The molecule has 0 fully saturated rings. The van der Waals surface area contributed by atoms with Gasteiger partial charge in [-0.25, -0.2) is 0 Å². The van der Waals surface area contributed by atoms with Crippen molar-refractivity contribution in [1.82, 2.24) is 0 Å². The first-order chi connectivity index (χ1) is 9.24. The Balaban J connectivity index is 2.93. The summed E-state index contributed by atoms with van der Waals surface area (Å²) < 4.78 is 41.7. The molecule has 0 aromatic heterocycles. The van der Waals surface area contributed by atoms with E-state index in [0.29, 0.717) is 11.3 Å². The summed E-state index contributed by atoms with van der Waals surface area (Å²) in [6.07, 6.45) is -6.39. The molecule has 0 aliphatic heterocycles. The van der Waals surface area contributed by atoms with Crippen molar-refractivity contribution in [3.8, 4) is 5.75 Å². The number of ether oxygens (including phenoxy) is 1. The van der Waals surface area contributed by atoms with E-state index in [0.717, 1.165) is 0 Å². The molecular weight excluding hydrogens is 277 g/mol. The van der Waals surface area contributed by atoms with Crippen LogP contribution in [0.5, 0.6) is 5.75 Å².